The molecule has 0 aromatic heterocycles. The number of hydrogen-bond donors (Lipinski definition) is 1. The number of rotatable bonds is 2. The molecule has 0 saturated heterocycles. The van der Waals surface area contributed by atoms with Crippen molar-refractivity contribution in [1.82, 2.24) is 0 Å². The number of halogens is 2. The first kappa shape index (κ1) is 10.7. The lowest BCUT2D eigenvalue weighted by atomic mass is 10.2. The van der Waals surface area contributed by atoms with Crippen LogP contribution in [0, 0.1) is 3.57 Å². The number of carbonyl (C=O) groups is 1. The molecule has 1 aromatic carbocycles. The fourth-order valence-electron chi connectivity index (χ4n) is 0.839. The van der Waals surface area contributed by atoms with Gasteiger partial charge in [-0.25, -0.2) is 4.79 Å². The molecule has 0 aliphatic rings. The maximum atomic E-state index is 10.2. The topological polar surface area (TPSA) is 37.3 Å². The minimum Gasteiger partial charge on any atom is -0.478 e. The van der Waals surface area contributed by atoms with Crippen molar-refractivity contribution in [3.63, 3.8) is 0 Å². The van der Waals surface area contributed by atoms with E-state index in [1.807, 2.05) is 18.2 Å². The van der Waals surface area contributed by atoms with E-state index in [1.165, 1.54) is 0 Å². The molecule has 0 heterocycles. The lowest BCUT2D eigenvalue weighted by Gasteiger charge is -1.96. The van der Waals surface area contributed by atoms with Crippen molar-refractivity contribution in [3.05, 3.63) is 37.9 Å². The molecule has 0 amide bonds. The molecule has 1 N–H and O–H groups in total. The van der Waals surface area contributed by atoms with Gasteiger partial charge in [0.1, 0.15) is 0 Å². The van der Waals surface area contributed by atoms with Crippen LogP contribution in [0.2, 0.25) is 0 Å². The summed E-state index contributed by atoms with van der Waals surface area (Å²) in [5.74, 6) is -0.935. The molecule has 0 aliphatic heterocycles. The molecule has 0 spiro atoms. The summed E-state index contributed by atoms with van der Waals surface area (Å²) in [6.07, 6.45) is 2.69. The molecular weight excluding hydrogens is 347 g/mol. The maximum absolute atomic E-state index is 10.2. The van der Waals surface area contributed by atoms with E-state index in [1.54, 1.807) is 6.08 Å². The molecule has 0 saturated carbocycles. The van der Waals surface area contributed by atoms with E-state index < -0.39 is 5.97 Å². The molecule has 13 heavy (non-hydrogen) atoms. The van der Waals surface area contributed by atoms with E-state index in [2.05, 4.69) is 38.5 Å². The van der Waals surface area contributed by atoms with Gasteiger partial charge in [-0.2, -0.15) is 0 Å². The Morgan fingerprint density at radius 2 is 2.15 bits per heavy atom. The van der Waals surface area contributed by atoms with Crippen LogP contribution >= 0.6 is 38.5 Å². The summed E-state index contributed by atoms with van der Waals surface area (Å²) < 4.78 is 2.02. The molecule has 68 valence electrons. The van der Waals surface area contributed by atoms with Crippen LogP contribution in [-0.4, -0.2) is 11.1 Å². The van der Waals surface area contributed by atoms with Gasteiger partial charge in [0.15, 0.2) is 0 Å². The molecule has 0 fully saturated rings. The number of benzene rings is 1. The fraction of sp³-hybridized carbons (Fsp3) is 0. The van der Waals surface area contributed by atoms with Gasteiger partial charge in [0, 0.05) is 14.1 Å². The summed E-state index contributed by atoms with van der Waals surface area (Å²) in [4.78, 5) is 10.2. The van der Waals surface area contributed by atoms with E-state index in [-0.39, 0.29) is 0 Å². The van der Waals surface area contributed by atoms with Gasteiger partial charge in [-0.1, -0.05) is 15.9 Å². The van der Waals surface area contributed by atoms with Crippen molar-refractivity contribution >= 4 is 50.6 Å². The highest BCUT2D eigenvalue weighted by molar-refractivity contribution is 14.1. The minimum absolute atomic E-state index is 0.876. The molecule has 4 heteroatoms. The van der Waals surface area contributed by atoms with E-state index in [4.69, 9.17) is 5.11 Å². The van der Waals surface area contributed by atoms with E-state index in [0.29, 0.717) is 0 Å². The summed E-state index contributed by atoms with van der Waals surface area (Å²) in [5.41, 5.74) is 0.876. The highest BCUT2D eigenvalue weighted by Crippen LogP contribution is 2.18. The highest BCUT2D eigenvalue weighted by Gasteiger charge is 1.94. The smallest absolute Gasteiger partial charge is 0.328 e. The number of carboxylic acid groups (broad SMARTS) is 1. The first-order valence-corrected chi connectivity index (χ1v) is 5.32. The van der Waals surface area contributed by atoms with Gasteiger partial charge in [0.25, 0.3) is 0 Å². The van der Waals surface area contributed by atoms with Crippen molar-refractivity contribution < 1.29 is 9.90 Å². The number of aliphatic carboxylic acids is 1. The van der Waals surface area contributed by atoms with E-state index in [9.17, 15) is 4.79 Å². The van der Waals surface area contributed by atoms with Crippen LogP contribution in [0.4, 0.5) is 0 Å². The average molecular weight is 353 g/mol. The standard InChI is InChI=1S/C9H6BrIO2/c10-7-3-6(1-2-9(12)13)4-8(11)5-7/h1-5H,(H,12,13)/b2-1+. The quantitative estimate of drug-likeness (QED) is 0.655. The Morgan fingerprint density at radius 1 is 1.46 bits per heavy atom. The van der Waals surface area contributed by atoms with Crippen LogP contribution in [-0.2, 0) is 4.79 Å². The average Bonchev–Trinajstić information content (AvgIpc) is 1.99. The van der Waals surface area contributed by atoms with E-state index in [0.717, 1.165) is 19.7 Å². The molecule has 0 aliphatic carbocycles. The Morgan fingerprint density at radius 3 is 2.69 bits per heavy atom. The third kappa shape index (κ3) is 3.91. The van der Waals surface area contributed by atoms with Crippen LogP contribution in [0.15, 0.2) is 28.7 Å². The molecule has 0 atom stereocenters. The van der Waals surface area contributed by atoms with Gasteiger partial charge >= 0.3 is 5.97 Å². The SMILES string of the molecule is O=C(O)/C=C/c1cc(Br)cc(I)c1. The molecule has 0 bridgehead atoms. The second kappa shape index (κ2) is 4.76. The number of hydrogen-bond acceptors (Lipinski definition) is 1. The highest BCUT2D eigenvalue weighted by atomic mass is 127. The van der Waals surface area contributed by atoms with Crippen molar-refractivity contribution in [3.8, 4) is 0 Å². The van der Waals surface area contributed by atoms with Crippen LogP contribution in [0.25, 0.3) is 6.08 Å². The van der Waals surface area contributed by atoms with Gasteiger partial charge in [-0.05, 0) is 52.4 Å². The minimum atomic E-state index is -0.935. The first-order valence-electron chi connectivity index (χ1n) is 3.45. The van der Waals surface area contributed by atoms with Gasteiger partial charge in [-0.3, -0.25) is 0 Å². The van der Waals surface area contributed by atoms with Gasteiger partial charge in [-0.15, -0.1) is 0 Å². The zero-order valence-electron chi connectivity index (χ0n) is 6.50. The molecular formula is C9H6BrIO2. The van der Waals surface area contributed by atoms with Crippen molar-refractivity contribution in [2.45, 2.75) is 0 Å². The van der Waals surface area contributed by atoms with Crippen molar-refractivity contribution in [1.29, 1.82) is 0 Å². The molecule has 2 nitrogen and oxygen atoms in total. The predicted octanol–water partition coefficient (Wildman–Crippen LogP) is 3.15. The Balaban J connectivity index is 2.95. The third-order valence-corrected chi connectivity index (χ3v) is 2.38. The summed E-state index contributed by atoms with van der Waals surface area (Å²) in [6.45, 7) is 0. The molecule has 0 unspecified atom stereocenters. The third-order valence-electron chi connectivity index (χ3n) is 1.30. The van der Waals surface area contributed by atoms with Crippen molar-refractivity contribution in [2.24, 2.45) is 0 Å². The van der Waals surface area contributed by atoms with Crippen LogP contribution < -0.4 is 0 Å². The predicted molar refractivity (Wildman–Crippen MR) is 63.5 cm³/mol. The summed E-state index contributed by atoms with van der Waals surface area (Å²) >= 11 is 5.51. The van der Waals surface area contributed by atoms with Gasteiger partial charge in [0.2, 0.25) is 0 Å². The normalized spacial score (nSPS) is 10.6. The Hall–Kier alpha value is -0.360. The Labute approximate surface area is 97.9 Å². The largest absolute Gasteiger partial charge is 0.478 e. The molecule has 0 radical (unpaired) electrons. The summed E-state index contributed by atoms with van der Waals surface area (Å²) in [5, 5.41) is 8.41. The van der Waals surface area contributed by atoms with Crippen LogP contribution in [0.5, 0.6) is 0 Å². The zero-order chi connectivity index (χ0) is 9.84. The first-order chi connectivity index (χ1) is 6.08. The van der Waals surface area contributed by atoms with Crippen molar-refractivity contribution in [2.75, 3.05) is 0 Å². The zero-order valence-corrected chi connectivity index (χ0v) is 10.2. The van der Waals surface area contributed by atoms with Crippen LogP contribution in [0.3, 0.4) is 0 Å². The van der Waals surface area contributed by atoms with Gasteiger partial charge in [0.05, 0.1) is 0 Å². The Bertz CT molecular complexity index is 340. The Kier molecular flexibility index (Phi) is 3.92. The lowest BCUT2D eigenvalue weighted by Crippen LogP contribution is -1.86. The molecule has 1 aromatic rings. The number of carboxylic acids is 1. The lowest BCUT2D eigenvalue weighted by molar-refractivity contribution is -0.131. The van der Waals surface area contributed by atoms with E-state index >= 15 is 0 Å². The molecule has 1 rings (SSSR count). The van der Waals surface area contributed by atoms with Crippen LogP contribution in [0.1, 0.15) is 5.56 Å². The second-order valence-corrected chi connectivity index (χ2v) is 4.54. The second-order valence-electron chi connectivity index (χ2n) is 2.37. The maximum Gasteiger partial charge on any atom is 0.328 e. The van der Waals surface area contributed by atoms with Gasteiger partial charge < -0.3 is 5.11 Å². The summed E-state index contributed by atoms with van der Waals surface area (Å²) in [6, 6.07) is 5.73. The summed E-state index contributed by atoms with van der Waals surface area (Å²) in [7, 11) is 0. The fourth-order valence-corrected chi connectivity index (χ4v) is 2.47. The monoisotopic (exact) mass is 352 g/mol.